The van der Waals surface area contributed by atoms with Crippen LogP contribution in [0, 0.1) is 9.49 Å². The number of aliphatic hydroxyl groups is 2. The molecule has 3 unspecified atom stereocenters. The van der Waals surface area contributed by atoms with Gasteiger partial charge in [0, 0.05) is 42.1 Å². The summed E-state index contributed by atoms with van der Waals surface area (Å²) in [7, 11) is 1.44. The van der Waals surface area contributed by atoms with Gasteiger partial charge in [0.05, 0.1) is 23.3 Å². The summed E-state index contributed by atoms with van der Waals surface area (Å²) in [5.41, 5.74) is 1.52. The Labute approximate surface area is 252 Å². The van der Waals surface area contributed by atoms with Crippen LogP contribution in [-0.4, -0.2) is 71.7 Å². The van der Waals surface area contributed by atoms with Crippen LogP contribution in [0.3, 0.4) is 0 Å². The van der Waals surface area contributed by atoms with E-state index in [0.29, 0.717) is 31.8 Å². The Morgan fingerprint density at radius 3 is 2.55 bits per heavy atom. The summed E-state index contributed by atoms with van der Waals surface area (Å²) in [4.78, 5) is 39.5. The number of aldehydes is 1. The van der Waals surface area contributed by atoms with Gasteiger partial charge in [0.25, 0.3) is 0 Å². The summed E-state index contributed by atoms with van der Waals surface area (Å²) in [6.45, 7) is 3.88. The van der Waals surface area contributed by atoms with Crippen molar-refractivity contribution in [3.05, 3.63) is 67.8 Å². The van der Waals surface area contributed by atoms with Gasteiger partial charge in [-0.25, -0.2) is 0 Å². The number of aliphatic hydroxyl groups excluding tert-OH is 2. The molecule has 40 heavy (non-hydrogen) atoms. The van der Waals surface area contributed by atoms with Gasteiger partial charge >= 0.3 is 0 Å². The molecule has 0 aliphatic heterocycles. The molecular formula is C29H34ClIN2O7. The van der Waals surface area contributed by atoms with Crippen molar-refractivity contribution in [2.45, 2.75) is 51.5 Å². The molecule has 2 aromatic rings. The Kier molecular flexibility index (Phi) is 11.8. The molecule has 9 nitrogen and oxygen atoms in total. The number of rotatable bonds is 12. The number of hydrogen-bond acceptors (Lipinski definition) is 7. The van der Waals surface area contributed by atoms with Gasteiger partial charge in [0.15, 0.2) is 11.5 Å². The van der Waals surface area contributed by atoms with Crippen molar-refractivity contribution in [1.29, 1.82) is 0 Å². The average molecular weight is 685 g/mol. The number of nitrogens with zero attached hydrogens (tertiary/aromatic N) is 1. The Hall–Kier alpha value is -2.67. The van der Waals surface area contributed by atoms with Gasteiger partial charge in [0.1, 0.15) is 18.5 Å². The molecule has 11 heteroatoms. The molecule has 1 aliphatic carbocycles. The lowest BCUT2D eigenvalue weighted by Gasteiger charge is -2.41. The van der Waals surface area contributed by atoms with Gasteiger partial charge in [-0.2, -0.15) is 0 Å². The third-order valence-electron chi connectivity index (χ3n) is 6.43. The van der Waals surface area contributed by atoms with Crippen molar-refractivity contribution in [2.24, 2.45) is 5.92 Å². The monoisotopic (exact) mass is 684 g/mol. The molecule has 0 heterocycles. The van der Waals surface area contributed by atoms with Gasteiger partial charge in [-0.1, -0.05) is 37.6 Å². The van der Waals surface area contributed by atoms with E-state index in [4.69, 9.17) is 21.1 Å². The number of benzene rings is 2. The maximum atomic E-state index is 13.5. The molecule has 0 saturated heterocycles. The molecule has 1 aliphatic rings. The maximum Gasteiger partial charge on any atom is 0.247 e. The molecule has 3 atom stereocenters. The van der Waals surface area contributed by atoms with E-state index in [1.165, 1.54) is 19.3 Å². The summed E-state index contributed by atoms with van der Waals surface area (Å²) < 4.78 is 12.3. The van der Waals surface area contributed by atoms with E-state index in [1.54, 1.807) is 23.1 Å². The van der Waals surface area contributed by atoms with E-state index in [0.717, 1.165) is 5.56 Å². The first-order valence-corrected chi connectivity index (χ1v) is 14.3. The first-order valence-electron chi connectivity index (χ1n) is 12.9. The number of carbonyl (C=O) groups excluding carboxylic acids is 3. The van der Waals surface area contributed by atoms with Crippen LogP contribution < -0.4 is 14.8 Å². The highest BCUT2D eigenvalue weighted by Gasteiger charge is 2.41. The molecule has 0 aromatic heterocycles. The zero-order valence-corrected chi connectivity index (χ0v) is 25.5. The molecule has 2 amide bonds. The first-order chi connectivity index (χ1) is 19.1. The summed E-state index contributed by atoms with van der Waals surface area (Å²) in [6.07, 6.45) is 0.315. The SMILES string of the molecule is COc1cc(C=O)cc(I)c1OC1C=C(C(=O)NCCO)CC(N(Cc2ccc(Cl)cc2)C(=O)CC(C)C)C1O. The Balaban J connectivity index is 2.04. The number of carbonyl (C=O) groups is 3. The summed E-state index contributed by atoms with van der Waals surface area (Å²) in [5.74, 6) is 0.0463. The fraction of sp³-hybridized carbons (Fsp3) is 0.414. The van der Waals surface area contributed by atoms with Crippen LogP contribution in [0.15, 0.2) is 48.0 Å². The molecule has 0 bridgehead atoms. The van der Waals surface area contributed by atoms with E-state index in [9.17, 15) is 24.6 Å². The Bertz CT molecular complexity index is 1240. The lowest BCUT2D eigenvalue weighted by Crippen LogP contribution is -2.55. The predicted molar refractivity (Wildman–Crippen MR) is 160 cm³/mol. The van der Waals surface area contributed by atoms with E-state index in [1.807, 2.05) is 48.6 Å². The van der Waals surface area contributed by atoms with Crippen molar-refractivity contribution in [3.8, 4) is 11.5 Å². The fourth-order valence-corrected chi connectivity index (χ4v) is 5.36. The van der Waals surface area contributed by atoms with Crippen molar-refractivity contribution in [3.63, 3.8) is 0 Å². The first kappa shape index (κ1) is 31.9. The van der Waals surface area contributed by atoms with E-state index in [-0.39, 0.29) is 50.1 Å². The van der Waals surface area contributed by atoms with Crippen molar-refractivity contribution in [2.75, 3.05) is 20.3 Å². The van der Waals surface area contributed by atoms with Gasteiger partial charge in [-0.15, -0.1) is 0 Å². The summed E-state index contributed by atoms with van der Waals surface area (Å²) in [5, 5.41) is 24.1. The van der Waals surface area contributed by atoms with Crippen LogP contribution in [0.1, 0.15) is 42.6 Å². The molecule has 0 fully saturated rings. The number of hydrogen-bond donors (Lipinski definition) is 3. The zero-order valence-electron chi connectivity index (χ0n) is 22.6. The van der Waals surface area contributed by atoms with Crippen LogP contribution in [-0.2, 0) is 16.1 Å². The number of methoxy groups -OCH3 is 1. The highest BCUT2D eigenvalue weighted by Crippen LogP contribution is 2.37. The molecule has 0 radical (unpaired) electrons. The van der Waals surface area contributed by atoms with Crippen LogP contribution in [0.2, 0.25) is 5.02 Å². The quantitative estimate of drug-likeness (QED) is 0.230. The molecule has 3 N–H and O–H groups in total. The van der Waals surface area contributed by atoms with E-state index < -0.39 is 24.2 Å². The predicted octanol–water partition coefficient (Wildman–Crippen LogP) is 3.76. The Morgan fingerprint density at radius 1 is 1.25 bits per heavy atom. The maximum absolute atomic E-state index is 13.5. The smallest absolute Gasteiger partial charge is 0.247 e. The molecule has 0 spiro atoms. The second-order valence-corrected chi connectivity index (χ2v) is 11.5. The van der Waals surface area contributed by atoms with Crippen molar-refractivity contribution < 1.29 is 34.1 Å². The average Bonchev–Trinajstić information content (AvgIpc) is 2.92. The van der Waals surface area contributed by atoms with Crippen LogP contribution in [0.5, 0.6) is 11.5 Å². The minimum absolute atomic E-state index is 0.0502. The highest BCUT2D eigenvalue weighted by molar-refractivity contribution is 14.1. The lowest BCUT2D eigenvalue weighted by molar-refractivity contribution is -0.140. The van der Waals surface area contributed by atoms with Gasteiger partial charge in [-0.05, 0) is 64.4 Å². The second-order valence-electron chi connectivity index (χ2n) is 9.91. The standard InChI is InChI=1S/C29H34ClIN2O7/c1-17(2)10-26(36)33(15-18-4-6-21(30)7-5-18)23-13-20(29(38)32-8-9-34)14-24(27(23)37)40-28-22(31)11-19(16-35)12-25(28)39-3/h4-7,11-12,14,16-17,23-24,27,34,37H,8-10,13,15H2,1-3H3,(H,32,38). The van der Waals surface area contributed by atoms with E-state index >= 15 is 0 Å². The number of amides is 2. The minimum Gasteiger partial charge on any atom is -0.493 e. The highest BCUT2D eigenvalue weighted by atomic mass is 127. The summed E-state index contributed by atoms with van der Waals surface area (Å²) >= 11 is 8.07. The number of nitrogens with one attached hydrogen (secondary N) is 1. The van der Waals surface area contributed by atoms with Gasteiger partial charge in [-0.3, -0.25) is 14.4 Å². The van der Waals surface area contributed by atoms with Crippen molar-refractivity contribution >= 4 is 52.3 Å². The van der Waals surface area contributed by atoms with Crippen molar-refractivity contribution in [1.82, 2.24) is 10.2 Å². The van der Waals surface area contributed by atoms with Crippen LogP contribution in [0.25, 0.3) is 0 Å². The third kappa shape index (κ3) is 8.18. The van der Waals surface area contributed by atoms with Crippen LogP contribution in [0.4, 0.5) is 0 Å². The van der Waals surface area contributed by atoms with Gasteiger partial charge < -0.3 is 29.9 Å². The third-order valence-corrected chi connectivity index (χ3v) is 7.48. The molecule has 216 valence electrons. The topological polar surface area (TPSA) is 125 Å². The Morgan fingerprint density at radius 2 is 1.95 bits per heavy atom. The fourth-order valence-electron chi connectivity index (χ4n) is 4.48. The lowest BCUT2D eigenvalue weighted by atomic mass is 9.87. The molecule has 0 saturated carbocycles. The largest absolute Gasteiger partial charge is 0.493 e. The molecular weight excluding hydrogens is 651 g/mol. The van der Waals surface area contributed by atoms with E-state index in [2.05, 4.69) is 5.32 Å². The van der Waals surface area contributed by atoms with Gasteiger partial charge in [0.2, 0.25) is 11.8 Å². The number of ether oxygens (including phenoxy) is 2. The second kappa shape index (κ2) is 14.8. The van der Waals surface area contributed by atoms with Crippen LogP contribution >= 0.6 is 34.2 Å². The molecule has 2 aromatic carbocycles. The number of halogens is 2. The normalized spacial score (nSPS) is 18.6. The minimum atomic E-state index is -1.20. The molecule has 3 rings (SSSR count). The zero-order chi connectivity index (χ0) is 29.4. The summed E-state index contributed by atoms with van der Waals surface area (Å²) in [6, 6.07) is 9.43.